The Hall–Kier alpha value is -2.49. The Morgan fingerprint density at radius 1 is 1.14 bits per heavy atom. The number of nitrogens with zero attached hydrogens (tertiary/aromatic N) is 1. The first-order chi connectivity index (χ1) is 10.5. The van der Waals surface area contributed by atoms with Crippen LogP contribution in [0.4, 0.5) is 5.82 Å². The molecule has 8 heteroatoms. The van der Waals surface area contributed by atoms with Gasteiger partial charge in [-0.2, -0.15) is 0 Å². The number of nitrogens with one attached hydrogen (secondary N) is 2. The summed E-state index contributed by atoms with van der Waals surface area (Å²) >= 11 is 2.12. The van der Waals surface area contributed by atoms with E-state index < -0.39 is 11.2 Å². The molecule has 2 N–H and O–H groups in total. The summed E-state index contributed by atoms with van der Waals surface area (Å²) < 4.78 is 6.36. The molecule has 0 unspecified atom stereocenters. The standard InChI is InChI=1S/C14H8IN3O4/c15-8-1-2-9-10(3-8)22-6-7(13(9)20)5-16-11-4-12(19)18-14(21)17-11/h1-6H,(H2,17,18,19,21)/b16-5+. The summed E-state index contributed by atoms with van der Waals surface area (Å²) in [6.45, 7) is 0. The fourth-order valence-electron chi connectivity index (χ4n) is 1.87. The zero-order chi connectivity index (χ0) is 15.7. The van der Waals surface area contributed by atoms with Gasteiger partial charge in [0.2, 0.25) is 5.43 Å². The SMILES string of the molecule is O=c1cc(/N=C/c2coc3cc(I)ccc3c2=O)[nH]c(=O)[nH]1. The van der Waals surface area contributed by atoms with E-state index in [4.69, 9.17) is 4.42 Å². The fourth-order valence-corrected chi connectivity index (χ4v) is 2.33. The van der Waals surface area contributed by atoms with Gasteiger partial charge in [-0.05, 0) is 40.8 Å². The van der Waals surface area contributed by atoms with E-state index in [-0.39, 0.29) is 16.8 Å². The number of aromatic nitrogens is 2. The van der Waals surface area contributed by atoms with Crippen LogP contribution in [0.5, 0.6) is 0 Å². The van der Waals surface area contributed by atoms with Crippen LogP contribution >= 0.6 is 22.6 Å². The summed E-state index contributed by atoms with van der Waals surface area (Å²) in [4.78, 5) is 42.9. The van der Waals surface area contributed by atoms with Gasteiger partial charge in [0.1, 0.15) is 17.7 Å². The molecule has 0 aliphatic rings. The molecule has 0 saturated carbocycles. The molecule has 0 aliphatic heterocycles. The molecule has 3 aromatic rings. The zero-order valence-electron chi connectivity index (χ0n) is 10.9. The summed E-state index contributed by atoms with van der Waals surface area (Å²) in [6.07, 6.45) is 2.53. The largest absolute Gasteiger partial charge is 0.463 e. The Bertz CT molecular complexity index is 1030. The van der Waals surface area contributed by atoms with Crippen LogP contribution in [-0.2, 0) is 0 Å². The Morgan fingerprint density at radius 3 is 2.73 bits per heavy atom. The molecule has 2 heterocycles. The van der Waals surface area contributed by atoms with Crippen molar-refractivity contribution in [2.45, 2.75) is 0 Å². The van der Waals surface area contributed by atoms with Crippen molar-refractivity contribution >= 4 is 45.6 Å². The molecule has 0 amide bonds. The molecule has 2 aromatic heterocycles. The highest BCUT2D eigenvalue weighted by Gasteiger charge is 2.05. The van der Waals surface area contributed by atoms with E-state index in [2.05, 4.69) is 32.6 Å². The molecule has 0 atom stereocenters. The van der Waals surface area contributed by atoms with Crippen LogP contribution in [-0.4, -0.2) is 16.2 Å². The minimum atomic E-state index is -0.667. The van der Waals surface area contributed by atoms with E-state index in [1.54, 1.807) is 18.2 Å². The lowest BCUT2D eigenvalue weighted by Gasteiger charge is -1.99. The summed E-state index contributed by atoms with van der Waals surface area (Å²) in [5.74, 6) is 0.0517. The Balaban J connectivity index is 2.07. The highest BCUT2D eigenvalue weighted by atomic mass is 127. The van der Waals surface area contributed by atoms with Crippen molar-refractivity contribution in [2.75, 3.05) is 0 Å². The molecule has 110 valence electrons. The Kier molecular flexibility index (Phi) is 3.75. The highest BCUT2D eigenvalue weighted by Crippen LogP contribution is 2.15. The minimum absolute atomic E-state index is 0.0517. The van der Waals surface area contributed by atoms with Gasteiger partial charge < -0.3 is 4.42 Å². The fraction of sp³-hybridized carbons (Fsp3) is 0. The van der Waals surface area contributed by atoms with Crippen molar-refractivity contribution in [1.29, 1.82) is 0 Å². The van der Waals surface area contributed by atoms with Gasteiger partial charge in [0.05, 0.1) is 10.9 Å². The molecule has 7 nitrogen and oxygen atoms in total. The molecule has 0 radical (unpaired) electrons. The number of hydrogen-bond acceptors (Lipinski definition) is 5. The molecule has 3 rings (SSSR count). The highest BCUT2D eigenvalue weighted by molar-refractivity contribution is 14.1. The number of rotatable bonds is 2. The maximum atomic E-state index is 12.3. The molecule has 0 aliphatic carbocycles. The molecule has 1 aromatic carbocycles. The van der Waals surface area contributed by atoms with Crippen molar-refractivity contribution in [3.63, 3.8) is 0 Å². The number of halogens is 1. The normalized spacial score (nSPS) is 11.3. The quantitative estimate of drug-likeness (QED) is 0.494. The predicted octanol–water partition coefficient (Wildman–Crippen LogP) is 1.52. The van der Waals surface area contributed by atoms with E-state index in [9.17, 15) is 14.4 Å². The van der Waals surface area contributed by atoms with Crippen LogP contribution in [0.3, 0.4) is 0 Å². The smallest absolute Gasteiger partial charge is 0.327 e. The van der Waals surface area contributed by atoms with Gasteiger partial charge in [-0.3, -0.25) is 19.6 Å². The van der Waals surface area contributed by atoms with E-state index in [1.807, 2.05) is 4.98 Å². The first-order valence-electron chi connectivity index (χ1n) is 6.12. The predicted molar refractivity (Wildman–Crippen MR) is 90.1 cm³/mol. The van der Waals surface area contributed by atoms with Crippen LogP contribution in [0, 0.1) is 3.57 Å². The van der Waals surface area contributed by atoms with Gasteiger partial charge >= 0.3 is 5.69 Å². The molecule has 0 spiro atoms. The van der Waals surface area contributed by atoms with Crippen molar-refractivity contribution in [2.24, 2.45) is 4.99 Å². The van der Waals surface area contributed by atoms with Crippen LogP contribution in [0.2, 0.25) is 0 Å². The lowest BCUT2D eigenvalue weighted by atomic mass is 10.2. The lowest BCUT2D eigenvalue weighted by Crippen LogP contribution is -2.20. The number of aliphatic imine (C=N–C) groups is 1. The van der Waals surface area contributed by atoms with Crippen LogP contribution < -0.4 is 16.7 Å². The van der Waals surface area contributed by atoms with Crippen molar-refractivity contribution < 1.29 is 4.42 Å². The van der Waals surface area contributed by atoms with Crippen LogP contribution in [0.25, 0.3) is 11.0 Å². The maximum absolute atomic E-state index is 12.3. The van der Waals surface area contributed by atoms with Gasteiger partial charge in [0.15, 0.2) is 0 Å². The first-order valence-corrected chi connectivity index (χ1v) is 7.19. The molecule has 0 fully saturated rings. The van der Waals surface area contributed by atoms with Crippen molar-refractivity contribution in [3.05, 3.63) is 70.7 Å². The van der Waals surface area contributed by atoms with Crippen LogP contribution in [0.15, 0.2) is 54.3 Å². The molecule has 0 saturated heterocycles. The second-order valence-electron chi connectivity index (χ2n) is 4.39. The topological polar surface area (TPSA) is 108 Å². The second kappa shape index (κ2) is 5.72. The lowest BCUT2D eigenvalue weighted by molar-refractivity contribution is 0.601. The van der Waals surface area contributed by atoms with E-state index in [0.717, 1.165) is 9.64 Å². The summed E-state index contributed by atoms with van der Waals surface area (Å²) in [5, 5.41) is 0.434. The van der Waals surface area contributed by atoms with Crippen LogP contribution in [0.1, 0.15) is 5.56 Å². The van der Waals surface area contributed by atoms with Crippen molar-refractivity contribution in [1.82, 2.24) is 9.97 Å². The third kappa shape index (κ3) is 2.91. The second-order valence-corrected chi connectivity index (χ2v) is 5.64. The molecular weight excluding hydrogens is 401 g/mol. The average Bonchev–Trinajstić information content (AvgIpc) is 2.45. The zero-order valence-corrected chi connectivity index (χ0v) is 13.1. The van der Waals surface area contributed by atoms with Gasteiger partial charge in [-0.25, -0.2) is 9.79 Å². The molecule has 0 bridgehead atoms. The summed E-state index contributed by atoms with van der Waals surface area (Å²) in [5.41, 5.74) is -0.780. The Labute approximate surface area is 135 Å². The minimum Gasteiger partial charge on any atom is -0.463 e. The number of aromatic amines is 2. The van der Waals surface area contributed by atoms with Crippen molar-refractivity contribution in [3.8, 4) is 0 Å². The molecule has 22 heavy (non-hydrogen) atoms. The number of fused-ring (bicyclic) bond motifs is 1. The van der Waals surface area contributed by atoms with E-state index >= 15 is 0 Å². The van der Waals surface area contributed by atoms with E-state index in [1.165, 1.54) is 12.5 Å². The number of benzene rings is 1. The molecular formula is C14H8IN3O4. The third-order valence-corrected chi connectivity index (χ3v) is 3.52. The third-order valence-electron chi connectivity index (χ3n) is 2.85. The summed E-state index contributed by atoms with van der Waals surface area (Å²) in [7, 11) is 0. The number of hydrogen-bond donors (Lipinski definition) is 2. The van der Waals surface area contributed by atoms with Gasteiger partial charge in [0, 0.05) is 15.9 Å². The maximum Gasteiger partial charge on any atom is 0.327 e. The first kappa shape index (κ1) is 14.4. The number of H-pyrrole nitrogens is 2. The Morgan fingerprint density at radius 2 is 1.95 bits per heavy atom. The van der Waals surface area contributed by atoms with E-state index in [0.29, 0.717) is 11.0 Å². The monoisotopic (exact) mass is 409 g/mol. The van der Waals surface area contributed by atoms with Gasteiger partial charge in [0.25, 0.3) is 5.56 Å². The van der Waals surface area contributed by atoms with Gasteiger partial charge in [-0.1, -0.05) is 0 Å². The summed E-state index contributed by atoms with van der Waals surface area (Å²) in [6, 6.07) is 6.35. The average molecular weight is 409 g/mol. The van der Waals surface area contributed by atoms with Gasteiger partial charge in [-0.15, -0.1) is 0 Å².